The number of nitrogens with one attached hydrogen (secondary N) is 1. The number of para-hydroxylation sites is 1. The molecule has 2 aromatic carbocycles. The van der Waals surface area contributed by atoms with Gasteiger partial charge in [-0.05, 0) is 37.3 Å². The highest BCUT2D eigenvalue weighted by atomic mass is 32.3. The molecule has 1 aliphatic heterocycles. The summed E-state index contributed by atoms with van der Waals surface area (Å²) < 4.78 is 31.5. The monoisotopic (exact) mass is 492 g/mol. The predicted octanol–water partition coefficient (Wildman–Crippen LogP) is 6.49. The summed E-state index contributed by atoms with van der Waals surface area (Å²) in [6.45, 7) is 4.76. The Hall–Kier alpha value is -2.17. The number of unbranched alkanes of at least 4 members (excludes halogenated alkanes) is 1. The Balaban J connectivity index is 2.20. The Labute approximate surface area is 201 Å². The summed E-state index contributed by atoms with van der Waals surface area (Å²) in [6, 6.07) is 13.4. The van der Waals surface area contributed by atoms with E-state index in [-0.39, 0.29) is 0 Å². The average molecular weight is 493 g/mol. The van der Waals surface area contributed by atoms with Gasteiger partial charge in [-0.15, -0.1) is 22.5 Å². The summed E-state index contributed by atoms with van der Waals surface area (Å²) in [5, 5.41) is 8.88. The fraction of sp³-hybridized carbons (Fsp3) is 0.375. The molecule has 1 aliphatic rings. The maximum Gasteiger partial charge on any atom is 0.331 e. The molecule has 1 atom stereocenters. The molecule has 0 saturated heterocycles. The fourth-order valence-electron chi connectivity index (χ4n) is 4.01. The van der Waals surface area contributed by atoms with Crippen LogP contribution in [0.25, 0.3) is 0 Å². The van der Waals surface area contributed by atoms with Gasteiger partial charge in [0, 0.05) is 18.3 Å². The third-order valence-corrected chi connectivity index (χ3v) is 8.24. The van der Waals surface area contributed by atoms with Crippen molar-refractivity contribution in [1.29, 1.82) is 0 Å². The van der Waals surface area contributed by atoms with Gasteiger partial charge in [0.2, 0.25) is 0 Å². The molecule has 3 rings (SSSR count). The van der Waals surface area contributed by atoms with E-state index in [0.29, 0.717) is 22.9 Å². The second kappa shape index (κ2) is 10.8. The molecule has 1 heterocycles. The summed E-state index contributed by atoms with van der Waals surface area (Å²) in [4.78, 5) is 14.1. The number of hydrogen-bond acceptors (Lipinski definition) is 7. The van der Waals surface area contributed by atoms with Crippen molar-refractivity contribution in [1.82, 2.24) is 4.72 Å². The number of carboxylic acid groups (broad SMARTS) is 1. The molecule has 0 radical (unpaired) electrons. The Bertz CT molecular complexity index is 1000. The lowest BCUT2D eigenvalue weighted by atomic mass is 9.89. The summed E-state index contributed by atoms with van der Waals surface area (Å²) >= 11 is 1.44. The van der Waals surface area contributed by atoms with E-state index in [2.05, 4.69) is 23.5 Å². The minimum atomic E-state index is -3.38. The van der Waals surface area contributed by atoms with Crippen LogP contribution in [-0.2, 0) is 4.79 Å². The minimum absolute atomic E-state index is 0.328. The number of hydrogen-bond donors (Lipinski definition) is 4. The molecular weight excluding hydrogens is 460 g/mol. The van der Waals surface area contributed by atoms with Gasteiger partial charge in [0.05, 0.1) is 28.5 Å². The van der Waals surface area contributed by atoms with Crippen molar-refractivity contribution in [3.05, 3.63) is 54.8 Å². The number of aliphatic carboxylic acids is 1. The number of benzene rings is 2. The Morgan fingerprint density at radius 2 is 2.00 bits per heavy atom. The molecule has 0 aromatic heterocycles. The van der Waals surface area contributed by atoms with E-state index in [1.54, 1.807) is 6.07 Å². The molecule has 0 saturated carbocycles. The van der Waals surface area contributed by atoms with E-state index in [9.17, 15) is 13.9 Å². The molecular formula is C24H32N2O5S2. The highest BCUT2D eigenvalue weighted by Gasteiger charge is 2.41. The van der Waals surface area contributed by atoms with Crippen molar-refractivity contribution in [3.8, 4) is 5.75 Å². The van der Waals surface area contributed by atoms with Gasteiger partial charge in [-0.2, -0.15) is 0 Å². The van der Waals surface area contributed by atoms with Gasteiger partial charge in [-0.1, -0.05) is 44.9 Å². The van der Waals surface area contributed by atoms with Gasteiger partial charge in [-0.3, -0.25) is 9.11 Å². The van der Waals surface area contributed by atoms with Crippen molar-refractivity contribution in [2.24, 2.45) is 0 Å². The third kappa shape index (κ3) is 5.85. The van der Waals surface area contributed by atoms with Gasteiger partial charge < -0.3 is 14.7 Å². The minimum Gasteiger partial charge on any atom is -0.478 e. The maximum atomic E-state index is 11.4. The van der Waals surface area contributed by atoms with Gasteiger partial charge in [0.1, 0.15) is 10.6 Å². The number of carboxylic acids is 1. The fourth-order valence-corrected chi connectivity index (χ4v) is 6.30. The van der Waals surface area contributed by atoms with Crippen LogP contribution in [0.15, 0.2) is 64.6 Å². The molecule has 7 nitrogen and oxygen atoms in total. The quantitative estimate of drug-likeness (QED) is 0.179. The Morgan fingerprint density at radius 3 is 2.61 bits per heavy atom. The van der Waals surface area contributed by atoms with E-state index >= 15 is 0 Å². The molecule has 2 aromatic rings. The lowest BCUT2D eigenvalue weighted by Crippen LogP contribution is -2.51. The molecule has 9 heteroatoms. The smallest absolute Gasteiger partial charge is 0.331 e. The lowest BCUT2D eigenvalue weighted by molar-refractivity contribution is -0.131. The van der Waals surface area contributed by atoms with Gasteiger partial charge >= 0.3 is 5.97 Å². The number of anilines is 2. The van der Waals surface area contributed by atoms with Crippen LogP contribution < -0.4 is 14.4 Å². The first-order chi connectivity index (χ1) is 15.7. The van der Waals surface area contributed by atoms with Crippen LogP contribution in [0.4, 0.5) is 11.4 Å². The van der Waals surface area contributed by atoms with Gasteiger partial charge in [0.25, 0.3) is 0 Å². The van der Waals surface area contributed by atoms with Crippen LogP contribution in [0.2, 0.25) is 0 Å². The topological polar surface area (TPSA) is 102 Å². The Morgan fingerprint density at radius 1 is 1.27 bits per heavy atom. The first kappa shape index (κ1) is 25.5. The van der Waals surface area contributed by atoms with Crippen molar-refractivity contribution in [2.45, 2.75) is 54.9 Å². The maximum absolute atomic E-state index is 11.4. The molecule has 0 unspecified atom stereocenters. The average Bonchev–Trinajstić information content (AvgIpc) is 2.90. The normalized spacial score (nSPS) is 20.8. The van der Waals surface area contributed by atoms with E-state index in [4.69, 9.17) is 9.84 Å². The number of rotatable bonds is 9. The van der Waals surface area contributed by atoms with Crippen molar-refractivity contribution >= 4 is 39.9 Å². The zero-order valence-corrected chi connectivity index (χ0v) is 20.8. The highest BCUT2D eigenvalue weighted by Crippen LogP contribution is 2.57. The third-order valence-electron chi connectivity index (χ3n) is 5.82. The van der Waals surface area contributed by atoms with Crippen LogP contribution in [0.1, 0.15) is 39.5 Å². The predicted molar refractivity (Wildman–Crippen MR) is 136 cm³/mol. The van der Waals surface area contributed by atoms with E-state index in [0.717, 1.165) is 48.6 Å². The molecule has 4 N–H and O–H groups in total. The summed E-state index contributed by atoms with van der Waals surface area (Å²) in [5.41, 5.74) is 1.14. The molecule has 0 amide bonds. The number of carbonyl (C=O) groups is 1. The number of thioether (sulfide) groups is 1. The number of nitrogens with zero attached hydrogens (tertiary/aromatic N) is 1. The second-order valence-corrected chi connectivity index (χ2v) is 10.6. The summed E-state index contributed by atoms with van der Waals surface area (Å²) in [7, 11) is -3.38. The van der Waals surface area contributed by atoms with Crippen LogP contribution in [0, 0.1) is 0 Å². The van der Waals surface area contributed by atoms with Crippen molar-refractivity contribution in [3.63, 3.8) is 0 Å². The molecule has 0 fully saturated rings. The first-order valence-electron chi connectivity index (χ1n) is 10.9. The van der Waals surface area contributed by atoms with Gasteiger partial charge in [0.15, 0.2) is 0 Å². The zero-order valence-electron chi connectivity index (χ0n) is 19.2. The standard InChI is InChI=1S/C24H32N2O5S2/c1-4-6-13-24(5-2)17-26(18-10-8-7-9-11-18)19-15-21(32-3)20(31-14-12-23(27)28)16-22(19)33(29,30)25-24/h7-12,14-16,25,29-30H,4-6,13,17H2,1-3H3,(H,27,28)/b14-12+/t24-/m1/s1. The lowest BCUT2D eigenvalue weighted by Gasteiger charge is -2.42. The second-order valence-electron chi connectivity index (χ2n) is 8.04. The molecule has 0 spiro atoms. The molecule has 180 valence electrons. The highest BCUT2D eigenvalue weighted by molar-refractivity contribution is 8.22. The first-order valence-corrected chi connectivity index (χ1v) is 13.7. The van der Waals surface area contributed by atoms with E-state index in [1.165, 1.54) is 11.8 Å². The van der Waals surface area contributed by atoms with Crippen LogP contribution in [0.5, 0.6) is 5.75 Å². The zero-order chi connectivity index (χ0) is 24.1. The SMILES string of the molecule is CCCC[C@]1(CC)CN(c2ccccc2)c2cc(SC)c(O/C=C/C(=O)O)cc2S(O)(O)N1. The van der Waals surface area contributed by atoms with E-state index in [1.807, 2.05) is 42.7 Å². The Kier molecular flexibility index (Phi) is 8.36. The molecule has 33 heavy (non-hydrogen) atoms. The molecule has 0 bridgehead atoms. The van der Waals surface area contributed by atoms with Gasteiger partial charge in [-0.25, -0.2) is 9.52 Å². The number of ether oxygens (including phenoxy) is 1. The van der Waals surface area contributed by atoms with E-state index < -0.39 is 22.3 Å². The largest absolute Gasteiger partial charge is 0.478 e. The van der Waals surface area contributed by atoms with Crippen LogP contribution >= 0.6 is 22.5 Å². The molecule has 0 aliphatic carbocycles. The summed E-state index contributed by atoms with van der Waals surface area (Å²) in [6.07, 6.45) is 7.37. The van der Waals surface area contributed by atoms with Crippen molar-refractivity contribution in [2.75, 3.05) is 17.7 Å². The van der Waals surface area contributed by atoms with Crippen LogP contribution in [-0.4, -0.2) is 38.5 Å². The van der Waals surface area contributed by atoms with Crippen molar-refractivity contribution < 1.29 is 23.7 Å². The summed E-state index contributed by atoms with van der Waals surface area (Å²) in [5.74, 6) is -0.758. The number of fused-ring (bicyclic) bond motifs is 1. The van der Waals surface area contributed by atoms with Crippen LogP contribution in [0.3, 0.4) is 0 Å².